The quantitative estimate of drug-likeness (QED) is 0.718. The van der Waals surface area contributed by atoms with Crippen molar-refractivity contribution in [2.24, 2.45) is 0 Å². The maximum absolute atomic E-state index is 6.07. The van der Waals surface area contributed by atoms with Gasteiger partial charge in [0, 0.05) is 6.61 Å². The van der Waals surface area contributed by atoms with Crippen molar-refractivity contribution in [3.8, 4) is 0 Å². The van der Waals surface area contributed by atoms with Crippen LogP contribution in [0.15, 0.2) is 36.6 Å². The Labute approximate surface area is 122 Å². The Morgan fingerprint density at radius 2 is 2.05 bits per heavy atom. The Bertz CT molecular complexity index is 414. The zero-order chi connectivity index (χ0) is 14.3. The molecular formula is C18H26O2. The van der Waals surface area contributed by atoms with Gasteiger partial charge in [-0.3, -0.25) is 0 Å². The third-order valence-electron chi connectivity index (χ3n) is 4.16. The molecule has 1 fully saturated rings. The van der Waals surface area contributed by atoms with Crippen LogP contribution in [0.4, 0.5) is 0 Å². The predicted octanol–water partition coefficient (Wildman–Crippen LogP) is 4.80. The molecule has 0 amide bonds. The summed E-state index contributed by atoms with van der Waals surface area (Å²) in [5, 5.41) is 0. The lowest BCUT2D eigenvalue weighted by atomic mass is 9.95. The van der Waals surface area contributed by atoms with Crippen molar-refractivity contribution in [3.05, 3.63) is 42.2 Å². The van der Waals surface area contributed by atoms with Crippen LogP contribution in [0.2, 0.25) is 0 Å². The molecule has 1 unspecified atom stereocenters. The fourth-order valence-corrected chi connectivity index (χ4v) is 2.67. The maximum Gasteiger partial charge on any atom is 0.116 e. The highest BCUT2D eigenvalue weighted by atomic mass is 16.5. The van der Waals surface area contributed by atoms with Crippen LogP contribution < -0.4 is 0 Å². The number of allylic oxidation sites excluding steroid dienone is 1. The monoisotopic (exact) mass is 274 g/mol. The molecule has 0 radical (unpaired) electrons. The van der Waals surface area contributed by atoms with Crippen molar-refractivity contribution in [1.82, 2.24) is 0 Å². The Morgan fingerprint density at radius 1 is 1.25 bits per heavy atom. The molecule has 0 aliphatic carbocycles. The van der Waals surface area contributed by atoms with Gasteiger partial charge in [0.2, 0.25) is 0 Å². The second-order valence-electron chi connectivity index (χ2n) is 5.67. The molecule has 1 aliphatic rings. The number of hydrogen-bond acceptors (Lipinski definition) is 2. The normalized spacial score (nSPS) is 24.2. The molecule has 0 bridgehead atoms. The third kappa shape index (κ3) is 4.11. The first kappa shape index (κ1) is 15.1. The van der Waals surface area contributed by atoms with Crippen LogP contribution in [0.5, 0.6) is 0 Å². The van der Waals surface area contributed by atoms with Gasteiger partial charge in [0.1, 0.15) is 12.2 Å². The molecule has 0 aromatic heterocycles. The summed E-state index contributed by atoms with van der Waals surface area (Å²) in [5.74, 6) is 0. The lowest BCUT2D eigenvalue weighted by Crippen LogP contribution is -2.36. The van der Waals surface area contributed by atoms with E-state index in [2.05, 4.69) is 38.1 Å². The number of hydrogen-bond donors (Lipinski definition) is 0. The van der Waals surface area contributed by atoms with Crippen LogP contribution in [0.25, 0.3) is 5.57 Å². The van der Waals surface area contributed by atoms with E-state index in [4.69, 9.17) is 9.47 Å². The summed E-state index contributed by atoms with van der Waals surface area (Å²) in [6.45, 7) is 5.82. The molecule has 0 spiro atoms. The van der Waals surface area contributed by atoms with Crippen LogP contribution in [0.1, 0.15) is 51.5 Å². The van der Waals surface area contributed by atoms with Crippen molar-refractivity contribution in [2.45, 2.75) is 51.6 Å². The fourth-order valence-electron chi connectivity index (χ4n) is 2.67. The van der Waals surface area contributed by atoms with Gasteiger partial charge < -0.3 is 9.47 Å². The minimum atomic E-state index is -0.0794. The SMILES string of the molecule is CCC1(CO/C=C(/C)c2ccccc2)CCCCCO1. The van der Waals surface area contributed by atoms with Crippen LogP contribution in [0, 0.1) is 0 Å². The van der Waals surface area contributed by atoms with Crippen molar-refractivity contribution in [3.63, 3.8) is 0 Å². The molecule has 1 aromatic carbocycles. The molecule has 20 heavy (non-hydrogen) atoms. The van der Waals surface area contributed by atoms with E-state index in [1.807, 2.05) is 12.3 Å². The van der Waals surface area contributed by atoms with E-state index in [1.165, 1.54) is 24.8 Å². The average Bonchev–Trinajstić information content (AvgIpc) is 2.74. The molecule has 0 saturated carbocycles. The number of rotatable bonds is 5. The zero-order valence-electron chi connectivity index (χ0n) is 12.7. The van der Waals surface area contributed by atoms with Crippen molar-refractivity contribution in [1.29, 1.82) is 0 Å². The summed E-state index contributed by atoms with van der Waals surface area (Å²) in [6, 6.07) is 10.3. The topological polar surface area (TPSA) is 18.5 Å². The molecule has 2 nitrogen and oxygen atoms in total. The first-order chi connectivity index (χ1) is 9.76. The van der Waals surface area contributed by atoms with Gasteiger partial charge >= 0.3 is 0 Å². The highest BCUT2D eigenvalue weighted by Gasteiger charge is 2.30. The highest BCUT2D eigenvalue weighted by molar-refractivity contribution is 5.62. The third-order valence-corrected chi connectivity index (χ3v) is 4.16. The van der Waals surface area contributed by atoms with Gasteiger partial charge in [-0.2, -0.15) is 0 Å². The number of benzene rings is 1. The second-order valence-corrected chi connectivity index (χ2v) is 5.67. The summed E-state index contributed by atoms with van der Waals surface area (Å²) in [7, 11) is 0. The summed E-state index contributed by atoms with van der Waals surface area (Å²) >= 11 is 0. The summed E-state index contributed by atoms with van der Waals surface area (Å²) in [6.07, 6.45) is 7.72. The molecule has 0 N–H and O–H groups in total. The lowest BCUT2D eigenvalue weighted by molar-refractivity contribution is -0.0822. The van der Waals surface area contributed by atoms with Crippen molar-refractivity contribution in [2.75, 3.05) is 13.2 Å². The van der Waals surface area contributed by atoms with E-state index >= 15 is 0 Å². The van der Waals surface area contributed by atoms with Crippen molar-refractivity contribution >= 4 is 5.57 Å². The average molecular weight is 274 g/mol. The van der Waals surface area contributed by atoms with Crippen LogP contribution in [-0.2, 0) is 9.47 Å². The van der Waals surface area contributed by atoms with Crippen molar-refractivity contribution < 1.29 is 9.47 Å². The van der Waals surface area contributed by atoms with Gasteiger partial charge in [0.25, 0.3) is 0 Å². The molecule has 110 valence electrons. The van der Waals surface area contributed by atoms with Gasteiger partial charge in [-0.1, -0.05) is 50.1 Å². The molecule has 1 atom stereocenters. The van der Waals surface area contributed by atoms with E-state index in [0.29, 0.717) is 6.61 Å². The second kappa shape index (κ2) is 7.49. The maximum atomic E-state index is 6.07. The van der Waals surface area contributed by atoms with E-state index in [9.17, 15) is 0 Å². The Kier molecular flexibility index (Phi) is 5.66. The Balaban J connectivity index is 1.93. The zero-order valence-corrected chi connectivity index (χ0v) is 12.7. The minimum absolute atomic E-state index is 0.0794. The Hall–Kier alpha value is -1.28. The molecule has 2 rings (SSSR count). The molecule has 1 aromatic rings. The van der Waals surface area contributed by atoms with Gasteiger partial charge in [0.05, 0.1) is 6.26 Å². The van der Waals surface area contributed by atoms with E-state index in [1.54, 1.807) is 0 Å². The first-order valence-electron chi connectivity index (χ1n) is 7.73. The van der Waals surface area contributed by atoms with Gasteiger partial charge in [0.15, 0.2) is 0 Å². The fraction of sp³-hybridized carbons (Fsp3) is 0.556. The molecule has 1 heterocycles. The van der Waals surface area contributed by atoms with E-state index in [-0.39, 0.29) is 5.60 Å². The van der Waals surface area contributed by atoms with E-state index < -0.39 is 0 Å². The van der Waals surface area contributed by atoms with Crippen LogP contribution in [0.3, 0.4) is 0 Å². The molecule has 2 heteroatoms. The predicted molar refractivity (Wildman–Crippen MR) is 83.5 cm³/mol. The van der Waals surface area contributed by atoms with Gasteiger partial charge in [-0.25, -0.2) is 0 Å². The molecule has 1 aliphatic heterocycles. The standard InChI is InChI=1S/C18H26O2/c1-3-18(12-8-5-9-13-20-18)15-19-14-16(2)17-10-6-4-7-11-17/h4,6-7,10-11,14H,3,5,8-9,12-13,15H2,1-2H3/b16-14-. The van der Waals surface area contributed by atoms with Crippen LogP contribution in [-0.4, -0.2) is 18.8 Å². The van der Waals surface area contributed by atoms with E-state index in [0.717, 1.165) is 25.0 Å². The Morgan fingerprint density at radius 3 is 2.80 bits per heavy atom. The largest absolute Gasteiger partial charge is 0.498 e. The van der Waals surface area contributed by atoms with Crippen LogP contribution >= 0.6 is 0 Å². The lowest BCUT2D eigenvalue weighted by Gasteiger charge is -2.30. The number of ether oxygens (including phenoxy) is 2. The minimum Gasteiger partial charge on any atom is -0.498 e. The summed E-state index contributed by atoms with van der Waals surface area (Å²) in [4.78, 5) is 0. The molecule has 1 saturated heterocycles. The summed E-state index contributed by atoms with van der Waals surface area (Å²) in [5.41, 5.74) is 2.29. The van der Waals surface area contributed by atoms with Gasteiger partial charge in [-0.05, 0) is 37.3 Å². The summed E-state index contributed by atoms with van der Waals surface area (Å²) < 4.78 is 11.9. The molecular weight excluding hydrogens is 248 g/mol. The van der Waals surface area contributed by atoms with Gasteiger partial charge in [-0.15, -0.1) is 0 Å². The smallest absolute Gasteiger partial charge is 0.116 e. The highest BCUT2D eigenvalue weighted by Crippen LogP contribution is 2.28. The first-order valence-corrected chi connectivity index (χ1v) is 7.73.